The topological polar surface area (TPSA) is 71.5 Å². The van der Waals surface area contributed by atoms with Crippen LogP contribution in [-0.4, -0.2) is 35.6 Å². The lowest BCUT2D eigenvalue weighted by Gasteiger charge is -2.29. The number of carbonyl (C=O) groups is 1. The molecule has 0 aliphatic carbocycles. The Labute approximate surface area is 158 Å². The van der Waals surface area contributed by atoms with Crippen molar-refractivity contribution in [3.63, 3.8) is 0 Å². The predicted molar refractivity (Wildman–Crippen MR) is 101 cm³/mol. The molecular formula is C21H23N3O3. The molecule has 140 valence electrons. The second-order valence-corrected chi connectivity index (χ2v) is 6.88. The molecule has 1 unspecified atom stereocenters. The summed E-state index contributed by atoms with van der Waals surface area (Å²) in [5, 5.41) is 6.90. The highest BCUT2D eigenvalue weighted by atomic mass is 16.5. The molecule has 6 heteroatoms. The smallest absolute Gasteiger partial charge is 0.273 e. The van der Waals surface area contributed by atoms with Crippen molar-refractivity contribution in [1.82, 2.24) is 15.4 Å². The van der Waals surface area contributed by atoms with Crippen molar-refractivity contribution < 1.29 is 13.7 Å². The number of rotatable bonds is 6. The van der Waals surface area contributed by atoms with Gasteiger partial charge in [0.05, 0.1) is 12.3 Å². The zero-order valence-corrected chi connectivity index (χ0v) is 15.4. The Balaban J connectivity index is 1.47. The van der Waals surface area contributed by atoms with Gasteiger partial charge in [0.25, 0.3) is 5.91 Å². The van der Waals surface area contributed by atoms with E-state index in [0.717, 1.165) is 13.1 Å². The molecule has 6 nitrogen and oxygen atoms in total. The fraction of sp³-hybridized carbons (Fsp3) is 0.333. The molecule has 1 aliphatic rings. The summed E-state index contributed by atoms with van der Waals surface area (Å²) < 4.78 is 10.5. The first-order valence-corrected chi connectivity index (χ1v) is 9.31. The average Bonchev–Trinajstić information content (AvgIpc) is 3.44. The monoisotopic (exact) mass is 365 g/mol. The summed E-state index contributed by atoms with van der Waals surface area (Å²) in [6.07, 6.45) is 3.96. The van der Waals surface area contributed by atoms with Crippen LogP contribution >= 0.6 is 0 Å². The molecule has 1 atom stereocenters. The average molecular weight is 365 g/mol. The van der Waals surface area contributed by atoms with Crippen LogP contribution in [0.4, 0.5) is 0 Å². The van der Waals surface area contributed by atoms with Crippen LogP contribution in [0.1, 0.15) is 40.5 Å². The van der Waals surface area contributed by atoms with Gasteiger partial charge in [-0.05, 0) is 56.1 Å². The minimum atomic E-state index is -0.241. The normalized spacial score (nSPS) is 15.7. The van der Waals surface area contributed by atoms with Crippen molar-refractivity contribution in [2.24, 2.45) is 0 Å². The summed E-state index contributed by atoms with van der Waals surface area (Å²) in [6.45, 7) is 4.77. The van der Waals surface area contributed by atoms with E-state index in [0.29, 0.717) is 18.1 Å². The maximum Gasteiger partial charge on any atom is 0.273 e. The third-order valence-electron chi connectivity index (χ3n) is 5.09. The Hall–Kier alpha value is -2.86. The highest BCUT2D eigenvalue weighted by Gasteiger charge is 2.25. The zero-order chi connectivity index (χ0) is 18.6. The van der Waals surface area contributed by atoms with Gasteiger partial charge in [-0.1, -0.05) is 29.4 Å². The minimum Gasteiger partial charge on any atom is -0.461 e. The van der Waals surface area contributed by atoms with Gasteiger partial charge in [-0.2, -0.15) is 0 Å². The van der Waals surface area contributed by atoms with Crippen molar-refractivity contribution in [2.75, 3.05) is 19.6 Å². The van der Waals surface area contributed by atoms with Crippen LogP contribution in [0.25, 0.3) is 11.5 Å². The van der Waals surface area contributed by atoms with Gasteiger partial charge in [-0.3, -0.25) is 9.69 Å². The molecule has 0 bridgehead atoms. The van der Waals surface area contributed by atoms with E-state index in [9.17, 15) is 4.79 Å². The quantitative estimate of drug-likeness (QED) is 0.719. The molecule has 1 N–H and O–H groups in total. The first-order chi connectivity index (χ1) is 13.2. The van der Waals surface area contributed by atoms with E-state index in [4.69, 9.17) is 8.94 Å². The third-order valence-corrected chi connectivity index (χ3v) is 5.09. The SMILES string of the molecule is Cc1ccccc1C(CNC(=O)c1cc(-c2ccco2)on1)N1CCCC1. The highest BCUT2D eigenvalue weighted by Crippen LogP contribution is 2.27. The Morgan fingerprint density at radius 3 is 2.74 bits per heavy atom. The number of hydrogen-bond acceptors (Lipinski definition) is 5. The zero-order valence-electron chi connectivity index (χ0n) is 15.4. The molecule has 1 amide bonds. The second kappa shape index (κ2) is 7.80. The molecular weight excluding hydrogens is 342 g/mol. The fourth-order valence-electron chi connectivity index (χ4n) is 3.65. The van der Waals surface area contributed by atoms with Crippen molar-refractivity contribution in [1.29, 1.82) is 0 Å². The van der Waals surface area contributed by atoms with Crippen LogP contribution in [0.3, 0.4) is 0 Å². The molecule has 1 fully saturated rings. The summed E-state index contributed by atoms with van der Waals surface area (Å²) >= 11 is 0. The molecule has 3 heterocycles. The largest absolute Gasteiger partial charge is 0.461 e. The van der Waals surface area contributed by atoms with Gasteiger partial charge in [0.2, 0.25) is 5.76 Å². The molecule has 2 aromatic heterocycles. The number of amides is 1. The van der Waals surface area contributed by atoms with Crippen molar-refractivity contribution in [3.8, 4) is 11.5 Å². The van der Waals surface area contributed by atoms with E-state index < -0.39 is 0 Å². The summed E-state index contributed by atoms with van der Waals surface area (Å²) in [7, 11) is 0. The van der Waals surface area contributed by atoms with Crippen LogP contribution in [0.5, 0.6) is 0 Å². The second-order valence-electron chi connectivity index (χ2n) is 6.88. The fourth-order valence-corrected chi connectivity index (χ4v) is 3.65. The summed E-state index contributed by atoms with van der Waals surface area (Å²) in [5.74, 6) is 0.755. The van der Waals surface area contributed by atoms with E-state index in [1.807, 2.05) is 6.07 Å². The van der Waals surface area contributed by atoms with Crippen molar-refractivity contribution in [2.45, 2.75) is 25.8 Å². The van der Waals surface area contributed by atoms with Gasteiger partial charge in [0.15, 0.2) is 11.5 Å². The summed E-state index contributed by atoms with van der Waals surface area (Å²) in [6, 6.07) is 13.7. The Morgan fingerprint density at radius 2 is 2.00 bits per heavy atom. The molecule has 3 aromatic rings. The van der Waals surface area contributed by atoms with Gasteiger partial charge in [-0.25, -0.2) is 0 Å². The number of benzene rings is 1. The number of aryl methyl sites for hydroxylation is 1. The van der Waals surface area contributed by atoms with Crippen molar-refractivity contribution >= 4 is 5.91 Å². The van der Waals surface area contributed by atoms with Crippen LogP contribution in [0.2, 0.25) is 0 Å². The highest BCUT2D eigenvalue weighted by molar-refractivity contribution is 5.92. The number of carbonyl (C=O) groups excluding carboxylic acids is 1. The predicted octanol–water partition coefficient (Wildman–Crippen LogP) is 3.81. The molecule has 27 heavy (non-hydrogen) atoms. The number of nitrogens with one attached hydrogen (secondary N) is 1. The minimum absolute atomic E-state index is 0.161. The van der Waals surface area contributed by atoms with Gasteiger partial charge in [0, 0.05) is 12.6 Å². The number of likely N-dealkylation sites (tertiary alicyclic amines) is 1. The van der Waals surface area contributed by atoms with Gasteiger partial charge >= 0.3 is 0 Å². The third kappa shape index (κ3) is 3.80. The molecule has 1 aliphatic heterocycles. The van der Waals surface area contributed by atoms with Crippen LogP contribution in [0, 0.1) is 6.92 Å². The van der Waals surface area contributed by atoms with E-state index in [1.54, 1.807) is 24.5 Å². The van der Waals surface area contributed by atoms with Crippen LogP contribution < -0.4 is 5.32 Å². The lowest BCUT2D eigenvalue weighted by Crippen LogP contribution is -2.37. The first-order valence-electron chi connectivity index (χ1n) is 9.31. The van der Waals surface area contributed by atoms with E-state index in [-0.39, 0.29) is 17.6 Å². The molecule has 1 aromatic carbocycles. The molecule has 0 radical (unpaired) electrons. The van der Waals surface area contributed by atoms with Gasteiger partial charge in [-0.15, -0.1) is 0 Å². The Bertz CT molecular complexity index is 895. The summed E-state index contributed by atoms with van der Waals surface area (Å²) in [4.78, 5) is 15.0. The molecule has 4 rings (SSSR count). The standard InChI is InChI=1S/C21H23N3O3/c1-15-7-2-3-8-16(15)18(24-10-4-5-11-24)14-22-21(25)17-13-20(27-23-17)19-9-6-12-26-19/h2-3,6-9,12-13,18H,4-5,10-11,14H2,1H3,(H,22,25). The van der Waals surface area contributed by atoms with E-state index in [2.05, 4.69) is 40.5 Å². The van der Waals surface area contributed by atoms with Crippen molar-refractivity contribution in [3.05, 3.63) is 65.5 Å². The van der Waals surface area contributed by atoms with Crippen LogP contribution in [-0.2, 0) is 0 Å². The van der Waals surface area contributed by atoms with E-state index in [1.165, 1.54) is 24.0 Å². The first kappa shape index (κ1) is 17.5. The number of hydrogen-bond donors (Lipinski definition) is 1. The Morgan fingerprint density at radius 1 is 1.19 bits per heavy atom. The maximum atomic E-state index is 12.6. The number of furan rings is 1. The summed E-state index contributed by atoms with van der Waals surface area (Å²) in [5.41, 5.74) is 2.76. The number of aromatic nitrogens is 1. The molecule has 0 spiro atoms. The molecule has 0 saturated carbocycles. The lowest BCUT2D eigenvalue weighted by atomic mass is 10.00. The van der Waals surface area contributed by atoms with Crippen LogP contribution in [0.15, 0.2) is 57.7 Å². The van der Waals surface area contributed by atoms with E-state index >= 15 is 0 Å². The molecule has 1 saturated heterocycles. The van der Waals surface area contributed by atoms with Gasteiger partial charge < -0.3 is 14.3 Å². The number of nitrogens with zero attached hydrogens (tertiary/aromatic N) is 2. The maximum absolute atomic E-state index is 12.6. The Kier molecular flexibility index (Phi) is 5.07. The lowest BCUT2D eigenvalue weighted by molar-refractivity contribution is 0.0928. The van der Waals surface area contributed by atoms with Gasteiger partial charge in [0.1, 0.15) is 0 Å².